The van der Waals surface area contributed by atoms with Gasteiger partial charge in [0.1, 0.15) is 10.8 Å². The summed E-state index contributed by atoms with van der Waals surface area (Å²) in [5.41, 5.74) is -0.117. The third kappa shape index (κ3) is 4.78. The van der Waals surface area contributed by atoms with Crippen molar-refractivity contribution < 1.29 is 13.5 Å². The van der Waals surface area contributed by atoms with Gasteiger partial charge in [-0.25, -0.2) is 18.1 Å². The maximum absolute atomic E-state index is 12.1. The fourth-order valence-corrected chi connectivity index (χ4v) is 3.24. The Morgan fingerprint density at radius 2 is 1.91 bits per heavy atom. The molecule has 1 aromatic carbocycles. The minimum absolute atomic E-state index is 0.111. The van der Waals surface area contributed by atoms with Gasteiger partial charge in [0.05, 0.1) is 5.75 Å². The summed E-state index contributed by atoms with van der Waals surface area (Å²) in [6, 6.07) is 12.0. The number of hydrogen-bond donors (Lipinski definition) is 2. The third-order valence-electron chi connectivity index (χ3n) is 3.18. The summed E-state index contributed by atoms with van der Waals surface area (Å²) >= 11 is 5.66. The standard InChI is InChI=1S/C15H17ClN2O3S/c1-15(19,13-5-3-2-4-6-13)11-18-22(20,21)10-12-7-8-14(16)17-9-12/h2-9,18-19H,10-11H2,1H3. The molecular weight excluding hydrogens is 324 g/mol. The number of hydrogen-bond acceptors (Lipinski definition) is 4. The summed E-state index contributed by atoms with van der Waals surface area (Å²) in [4.78, 5) is 3.84. The Morgan fingerprint density at radius 3 is 2.50 bits per heavy atom. The molecule has 118 valence electrons. The maximum Gasteiger partial charge on any atom is 0.215 e. The topological polar surface area (TPSA) is 79.3 Å². The molecular formula is C15H17ClN2O3S. The highest BCUT2D eigenvalue weighted by atomic mass is 35.5. The Bertz CT molecular complexity index is 716. The van der Waals surface area contributed by atoms with E-state index in [0.29, 0.717) is 16.3 Å². The van der Waals surface area contributed by atoms with E-state index in [-0.39, 0.29) is 12.3 Å². The summed E-state index contributed by atoms with van der Waals surface area (Å²) in [5.74, 6) is -0.220. The molecule has 2 aromatic rings. The van der Waals surface area contributed by atoms with Gasteiger partial charge < -0.3 is 5.11 Å². The fraction of sp³-hybridized carbons (Fsp3) is 0.267. The molecule has 2 rings (SSSR count). The lowest BCUT2D eigenvalue weighted by atomic mass is 9.97. The van der Waals surface area contributed by atoms with Gasteiger partial charge in [0.25, 0.3) is 0 Å². The van der Waals surface area contributed by atoms with E-state index >= 15 is 0 Å². The highest BCUT2D eigenvalue weighted by molar-refractivity contribution is 7.88. The number of sulfonamides is 1. The smallest absolute Gasteiger partial charge is 0.215 e. The van der Waals surface area contributed by atoms with Crippen molar-refractivity contribution in [2.75, 3.05) is 6.54 Å². The predicted molar refractivity (Wildman–Crippen MR) is 85.9 cm³/mol. The number of aliphatic hydroxyl groups is 1. The first kappa shape index (κ1) is 16.9. The Hall–Kier alpha value is -1.47. The van der Waals surface area contributed by atoms with E-state index in [1.807, 2.05) is 6.07 Å². The van der Waals surface area contributed by atoms with E-state index in [2.05, 4.69) is 9.71 Å². The number of nitrogens with one attached hydrogen (secondary N) is 1. The lowest BCUT2D eigenvalue weighted by molar-refractivity contribution is 0.0627. The molecule has 0 fully saturated rings. The van der Waals surface area contributed by atoms with Gasteiger partial charge in [0.15, 0.2) is 0 Å². The normalized spacial score (nSPS) is 14.5. The molecule has 0 saturated carbocycles. The molecule has 1 heterocycles. The van der Waals surface area contributed by atoms with Crippen molar-refractivity contribution in [3.8, 4) is 0 Å². The van der Waals surface area contributed by atoms with E-state index in [1.54, 1.807) is 37.3 Å². The van der Waals surface area contributed by atoms with Gasteiger partial charge in [0, 0.05) is 12.7 Å². The second-order valence-electron chi connectivity index (χ2n) is 5.21. The molecule has 22 heavy (non-hydrogen) atoms. The van der Waals surface area contributed by atoms with Gasteiger partial charge in [-0.05, 0) is 24.1 Å². The van der Waals surface area contributed by atoms with Gasteiger partial charge in [-0.1, -0.05) is 48.0 Å². The molecule has 0 aliphatic heterocycles. The second kappa shape index (κ2) is 6.75. The highest BCUT2D eigenvalue weighted by Crippen LogP contribution is 2.19. The van der Waals surface area contributed by atoms with Crippen LogP contribution in [-0.4, -0.2) is 25.1 Å². The van der Waals surface area contributed by atoms with Crippen LogP contribution in [0.1, 0.15) is 18.1 Å². The van der Waals surface area contributed by atoms with Crippen molar-refractivity contribution in [1.82, 2.24) is 9.71 Å². The van der Waals surface area contributed by atoms with Crippen molar-refractivity contribution >= 4 is 21.6 Å². The molecule has 0 aliphatic carbocycles. The number of halogens is 1. The van der Waals surface area contributed by atoms with Gasteiger partial charge >= 0.3 is 0 Å². The van der Waals surface area contributed by atoms with E-state index in [1.165, 1.54) is 12.3 Å². The molecule has 7 heteroatoms. The summed E-state index contributed by atoms with van der Waals surface area (Å²) in [5, 5.41) is 10.7. The Balaban J connectivity index is 2.02. The minimum atomic E-state index is -3.58. The largest absolute Gasteiger partial charge is 0.384 e. The average Bonchev–Trinajstić information content (AvgIpc) is 2.49. The van der Waals surface area contributed by atoms with Crippen molar-refractivity contribution in [1.29, 1.82) is 0 Å². The summed E-state index contributed by atoms with van der Waals surface area (Å²) in [7, 11) is -3.58. The number of rotatable bonds is 6. The van der Waals surface area contributed by atoms with Crippen LogP contribution in [0.5, 0.6) is 0 Å². The lowest BCUT2D eigenvalue weighted by Gasteiger charge is -2.24. The van der Waals surface area contributed by atoms with Crippen LogP contribution in [0.25, 0.3) is 0 Å². The van der Waals surface area contributed by atoms with Crippen LogP contribution in [0.3, 0.4) is 0 Å². The fourth-order valence-electron chi connectivity index (χ4n) is 1.91. The van der Waals surface area contributed by atoms with Crippen molar-refractivity contribution in [3.63, 3.8) is 0 Å². The predicted octanol–water partition coefficient (Wildman–Crippen LogP) is 2.06. The Kier molecular flexibility index (Phi) is 5.18. The van der Waals surface area contributed by atoms with E-state index < -0.39 is 15.6 Å². The molecule has 1 unspecified atom stereocenters. The van der Waals surface area contributed by atoms with Crippen LogP contribution >= 0.6 is 11.6 Å². The molecule has 0 amide bonds. The number of aromatic nitrogens is 1. The first-order chi connectivity index (χ1) is 10.3. The SMILES string of the molecule is CC(O)(CNS(=O)(=O)Cc1ccc(Cl)nc1)c1ccccc1. The molecule has 0 spiro atoms. The van der Waals surface area contributed by atoms with E-state index in [4.69, 9.17) is 11.6 Å². The third-order valence-corrected chi connectivity index (χ3v) is 4.70. The van der Waals surface area contributed by atoms with E-state index in [9.17, 15) is 13.5 Å². The minimum Gasteiger partial charge on any atom is -0.384 e. The molecule has 0 radical (unpaired) electrons. The summed E-state index contributed by atoms with van der Waals surface area (Å²) < 4.78 is 26.6. The second-order valence-corrected chi connectivity index (χ2v) is 7.40. The van der Waals surface area contributed by atoms with Crippen LogP contribution in [-0.2, 0) is 21.4 Å². The molecule has 0 saturated heterocycles. The molecule has 0 bridgehead atoms. The van der Waals surface area contributed by atoms with Gasteiger partial charge in [-0.2, -0.15) is 0 Å². The van der Waals surface area contributed by atoms with Crippen LogP contribution < -0.4 is 4.72 Å². The molecule has 1 aromatic heterocycles. The zero-order valence-electron chi connectivity index (χ0n) is 12.0. The molecule has 0 aliphatic rings. The van der Waals surface area contributed by atoms with Crippen molar-refractivity contribution in [2.24, 2.45) is 0 Å². The Labute approximate surface area is 135 Å². The van der Waals surface area contributed by atoms with E-state index in [0.717, 1.165) is 0 Å². The van der Waals surface area contributed by atoms with Crippen molar-refractivity contribution in [3.05, 3.63) is 64.9 Å². The number of benzene rings is 1. The van der Waals surface area contributed by atoms with Gasteiger partial charge in [-0.3, -0.25) is 0 Å². The highest BCUT2D eigenvalue weighted by Gasteiger charge is 2.25. The zero-order chi connectivity index (χ0) is 16.2. The average molecular weight is 341 g/mol. The van der Waals surface area contributed by atoms with Crippen LogP contribution in [0, 0.1) is 0 Å². The molecule has 5 nitrogen and oxygen atoms in total. The first-order valence-corrected chi connectivity index (χ1v) is 8.67. The molecule has 1 atom stereocenters. The number of nitrogens with zero attached hydrogens (tertiary/aromatic N) is 1. The Morgan fingerprint density at radius 1 is 1.23 bits per heavy atom. The summed E-state index contributed by atoms with van der Waals surface area (Å²) in [6.45, 7) is 1.45. The molecule has 2 N–H and O–H groups in total. The van der Waals surface area contributed by atoms with Gasteiger partial charge in [-0.15, -0.1) is 0 Å². The van der Waals surface area contributed by atoms with Crippen LogP contribution in [0.15, 0.2) is 48.7 Å². The summed E-state index contributed by atoms with van der Waals surface area (Å²) in [6.07, 6.45) is 1.41. The zero-order valence-corrected chi connectivity index (χ0v) is 13.6. The lowest BCUT2D eigenvalue weighted by Crippen LogP contribution is -2.39. The number of pyridine rings is 1. The van der Waals surface area contributed by atoms with Crippen molar-refractivity contribution in [2.45, 2.75) is 18.3 Å². The van der Waals surface area contributed by atoms with Gasteiger partial charge in [0.2, 0.25) is 10.0 Å². The van der Waals surface area contributed by atoms with Crippen LogP contribution in [0.4, 0.5) is 0 Å². The quantitative estimate of drug-likeness (QED) is 0.789. The first-order valence-electron chi connectivity index (χ1n) is 6.64. The maximum atomic E-state index is 12.1. The van der Waals surface area contributed by atoms with Crippen LogP contribution in [0.2, 0.25) is 5.15 Å². The monoisotopic (exact) mass is 340 g/mol.